The molecule has 0 bridgehead atoms. The monoisotopic (exact) mass is 371 g/mol. The van der Waals surface area contributed by atoms with Crippen LogP contribution in [-0.4, -0.2) is 55.7 Å². The Bertz CT molecular complexity index is 864. The van der Waals surface area contributed by atoms with Gasteiger partial charge in [0, 0.05) is 37.0 Å². The van der Waals surface area contributed by atoms with Gasteiger partial charge in [0.15, 0.2) is 5.82 Å². The number of benzene rings is 1. The lowest BCUT2D eigenvalue weighted by Gasteiger charge is -2.06. The fourth-order valence-electron chi connectivity index (χ4n) is 1.91. The summed E-state index contributed by atoms with van der Waals surface area (Å²) >= 11 is 0. The first-order chi connectivity index (χ1) is 13.0. The van der Waals surface area contributed by atoms with E-state index in [0.29, 0.717) is 11.3 Å². The number of carbonyl (C=O) groups excluding carboxylic acids is 1. The van der Waals surface area contributed by atoms with E-state index < -0.39 is 11.8 Å². The summed E-state index contributed by atoms with van der Waals surface area (Å²) in [6.45, 7) is -0.0462. The van der Waals surface area contributed by atoms with Crippen LogP contribution in [0.3, 0.4) is 0 Å². The number of H-pyrrole nitrogens is 1. The number of aromatic amines is 1. The van der Waals surface area contributed by atoms with Gasteiger partial charge in [0.2, 0.25) is 11.8 Å². The van der Waals surface area contributed by atoms with Crippen LogP contribution in [-0.2, 0) is 9.53 Å². The maximum Gasteiger partial charge on any atom is 0.342 e. The highest BCUT2D eigenvalue weighted by molar-refractivity contribution is 5.92. The summed E-state index contributed by atoms with van der Waals surface area (Å²) in [6.07, 6.45) is 6.12. The van der Waals surface area contributed by atoms with Crippen molar-refractivity contribution in [1.29, 1.82) is 0 Å². The Morgan fingerprint density at radius 3 is 2.48 bits per heavy atom. The number of carboxylic acid groups (broad SMARTS) is 1. The molecule has 1 amide bonds. The van der Waals surface area contributed by atoms with Gasteiger partial charge in [-0.1, -0.05) is 0 Å². The molecule has 3 rings (SSSR count). The Morgan fingerprint density at radius 1 is 1.26 bits per heavy atom. The number of nitrogens with zero attached hydrogens (tertiary/aromatic N) is 3. The number of nitrogens with one attached hydrogen (secondary N) is 2. The van der Waals surface area contributed by atoms with E-state index >= 15 is 0 Å². The predicted molar refractivity (Wildman–Crippen MR) is 95.2 cm³/mol. The van der Waals surface area contributed by atoms with E-state index in [4.69, 9.17) is 9.84 Å². The average molecular weight is 371 g/mol. The van der Waals surface area contributed by atoms with Crippen LogP contribution in [0.2, 0.25) is 0 Å². The van der Waals surface area contributed by atoms with Crippen LogP contribution in [0, 0.1) is 0 Å². The Hall–Kier alpha value is -3.79. The van der Waals surface area contributed by atoms with Crippen LogP contribution in [0.4, 0.5) is 5.69 Å². The van der Waals surface area contributed by atoms with E-state index in [1.54, 1.807) is 43.0 Å². The third kappa shape index (κ3) is 5.90. The zero-order chi connectivity index (χ0) is 19.6. The van der Waals surface area contributed by atoms with Crippen molar-refractivity contribution in [3.8, 4) is 17.3 Å². The van der Waals surface area contributed by atoms with Crippen molar-refractivity contribution < 1.29 is 24.5 Å². The van der Waals surface area contributed by atoms with Gasteiger partial charge in [0.1, 0.15) is 12.2 Å². The standard InChI is InChI=1S/C14H13N3O5.C3H4N2/c1-22-7-11(18)16-9-4-2-8(3-5-9)12-15-6-10(14(20)21)13(19)17-12;1-2-5-3-4-1/h2-6H,7H2,1H3,(H,16,18)(H,20,21)(H,15,17,19);1-3H,(H,4,5). The lowest BCUT2D eigenvalue weighted by Crippen LogP contribution is -2.16. The number of imidazole rings is 1. The molecule has 0 unspecified atom stereocenters. The first-order valence-electron chi connectivity index (χ1n) is 7.62. The van der Waals surface area contributed by atoms with Gasteiger partial charge in [-0.2, -0.15) is 4.98 Å². The summed E-state index contributed by atoms with van der Waals surface area (Å²) in [6, 6.07) is 6.54. The van der Waals surface area contributed by atoms with Gasteiger partial charge in [0.25, 0.3) is 0 Å². The van der Waals surface area contributed by atoms with Crippen LogP contribution >= 0.6 is 0 Å². The molecule has 0 aliphatic rings. The molecule has 0 fully saturated rings. The fourth-order valence-corrected chi connectivity index (χ4v) is 1.91. The summed E-state index contributed by atoms with van der Waals surface area (Å²) in [7, 11) is 1.42. The Kier molecular flexibility index (Phi) is 6.97. The lowest BCUT2D eigenvalue weighted by molar-refractivity contribution is -0.119. The zero-order valence-corrected chi connectivity index (χ0v) is 14.3. The van der Waals surface area contributed by atoms with E-state index in [0.717, 1.165) is 6.20 Å². The molecule has 0 aliphatic carbocycles. The van der Waals surface area contributed by atoms with Crippen molar-refractivity contribution in [2.45, 2.75) is 0 Å². The highest BCUT2D eigenvalue weighted by atomic mass is 16.5. The number of aromatic hydroxyl groups is 1. The number of methoxy groups -OCH3 is 1. The molecule has 140 valence electrons. The molecule has 10 nitrogen and oxygen atoms in total. The average Bonchev–Trinajstić information content (AvgIpc) is 3.22. The second kappa shape index (κ2) is 9.63. The molecule has 0 spiro atoms. The highest BCUT2D eigenvalue weighted by Gasteiger charge is 2.13. The number of hydrogen-bond acceptors (Lipinski definition) is 7. The van der Waals surface area contributed by atoms with Crippen molar-refractivity contribution in [2.75, 3.05) is 19.0 Å². The molecule has 3 aromatic rings. The summed E-state index contributed by atoms with van der Waals surface area (Å²) in [5, 5.41) is 21.0. The molecule has 0 radical (unpaired) electrons. The molecule has 10 heteroatoms. The Labute approximate surface area is 153 Å². The number of carboxylic acids is 1. The van der Waals surface area contributed by atoms with E-state index in [1.165, 1.54) is 7.11 Å². The number of rotatable bonds is 5. The topological polar surface area (TPSA) is 150 Å². The minimum atomic E-state index is -1.31. The van der Waals surface area contributed by atoms with E-state index in [2.05, 4.69) is 25.3 Å². The number of aromatic nitrogens is 4. The van der Waals surface area contributed by atoms with Gasteiger partial charge in [-0.25, -0.2) is 14.8 Å². The number of anilines is 1. The molecule has 0 atom stereocenters. The second-order valence-corrected chi connectivity index (χ2v) is 5.06. The van der Waals surface area contributed by atoms with Gasteiger partial charge in [-0.15, -0.1) is 0 Å². The maximum absolute atomic E-state index is 11.4. The van der Waals surface area contributed by atoms with Crippen LogP contribution in [0.15, 0.2) is 49.2 Å². The first kappa shape index (κ1) is 19.5. The molecule has 0 saturated heterocycles. The minimum Gasteiger partial charge on any atom is -0.493 e. The number of amides is 1. The van der Waals surface area contributed by atoms with Crippen molar-refractivity contribution in [3.63, 3.8) is 0 Å². The summed E-state index contributed by atoms with van der Waals surface area (Å²) < 4.78 is 4.70. The molecule has 4 N–H and O–H groups in total. The minimum absolute atomic E-state index is 0.0462. The van der Waals surface area contributed by atoms with Gasteiger partial charge in [0.05, 0.1) is 6.33 Å². The normalized spacial score (nSPS) is 9.81. The molecular formula is C17H17N5O5. The van der Waals surface area contributed by atoms with Crippen LogP contribution in [0.25, 0.3) is 11.4 Å². The van der Waals surface area contributed by atoms with Crippen molar-refractivity contribution in [3.05, 3.63) is 54.7 Å². The quantitative estimate of drug-likeness (QED) is 0.527. The molecule has 0 aliphatic heterocycles. The third-order valence-corrected chi connectivity index (χ3v) is 3.11. The largest absolute Gasteiger partial charge is 0.493 e. The van der Waals surface area contributed by atoms with Gasteiger partial charge < -0.3 is 25.3 Å². The Balaban J connectivity index is 0.000000451. The molecule has 2 heterocycles. The number of ether oxygens (including phenoxy) is 1. The second-order valence-electron chi connectivity index (χ2n) is 5.06. The van der Waals surface area contributed by atoms with Crippen molar-refractivity contribution >= 4 is 17.6 Å². The van der Waals surface area contributed by atoms with Gasteiger partial charge in [-0.05, 0) is 24.3 Å². The Morgan fingerprint density at radius 2 is 2.00 bits per heavy atom. The summed E-state index contributed by atoms with van der Waals surface area (Å²) in [5.41, 5.74) is 0.765. The molecule has 27 heavy (non-hydrogen) atoms. The molecule has 0 saturated carbocycles. The van der Waals surface area contributed by atoms with Crippen molar-refractivity contribution in [2.24, 2.45) is 0 Å². The van der Waals surface area contributed by atoms with Crippen molar-refractivity contribution in [1.82, 2.24) is 19.9 Å². The van der Waals surface area contributed by atoms with Crippen LogP contribution < -0.4 is 5.32 Å². The van der Waals surface area contributed by atoms with E-state index in [9.17, 15) is 14.7 Å². The van der Waals surface area contributed by atoms with Gasteiger partial charge >= 0.3 is 5.97 Å². The van der Waals surface area contributed by atoms with E-state index in [1.807, 2.05) is 0 Å². The third-order valence-electron chi connectivity index (χ3n) is 3.11. The maximum atomic E-state index is 11.4. The highest BCUT2D eigenvalue weighted by Crippen LogP contribution is 2.21. The molecular weight excluding hydrogens is 354 g/mol. The molecule has 2 aromatic heterocycles. The van der Waals surface area contributed by atoms with E-state index in [-0.39, 0.29) is 23.9 Å². The van der Waals surface area contributed by atoms with Crippen LogP contribution in [0.1, 0.15) is 10.4 Å². The first-order valence-corrected chi connectivity index (χ1v) is 7.62. The number of carbonyl (C=O) groups is 2. The SMILES string of the molecule is COCC(=O)Nc1ccc(-c2ncc(C(=O)O)c(O)n2)cc1.c1c[nH]cn1. The number of hydrogen-bond donors (Lipinski definition) is 4. The zero-order valence-electron chi connectivity index (χ0n) is 14.3. The van der Waals surface area contributed by atoms with Crippen LogP contribution in [0.5, 0.6) is 5.88 Å². The fraction of sp³-hybridized carbons (Fsp3) is 0.118. The summed E-state index contributed by atoms with van der Waals surface area (Å²) in [4.78, 5) is 36.2. The predicted octanol–water partition coefficient (Wildman–Crippen LogP) is 1.54. The summed E-state index contributed by atoms with van der Waals surface area (Å²) in [5.74, 6) is -2.01. The smallest absolute Gasteiger partial charge is 0.342 e. The molecule has 1 aromatic carbocycles. The lowest BCUT2D eigenvalue weighted by atomic mass is 10.2. The number of aromatic carboxylic acids is 1. The van der Waals surface area contributed by atoms with Gasteiger partial charge in [-0.3, -0.25) is 4.79 Å².